The summed E-state index contributed by atoms with van der Waals surface area (Å²) in [7, 11) is 1.37. The largest absolute Gasteiger partial charge is 0.480 e. The lowest BCUT2D eigenvalue weighted by molar-refractivity contribution is -0.147. The van der Waals surface area contributed by atoms with Crippen molar-refractivity contribution in [3.8, 4) is 0 Å². The molecule has 0 aromatic heterocycles. The molecule has 0 fully saturated rings. The van der Waals surface area contributed by atoms with Crippen LogP contribution in [0.25, 0.3) is 0 Å². The monoisotopic (exact) mass is 335 g/mol. The van der Waals surface area contributed by atoms with E-state index in [1.165, 1.54) is 13.2 Å². The molecule has 1 aromatic rings. The van der Waals surface area contributed by atoms with Gasteiger partial charge < -0.3 is 14.6 Å². The summed E-state index contributed by atoms with van der Waals surface area (Å²) in [5, 5.41) is 9.62. The van der Waals surface area contributed by atoms with Crippen LogP contribution >= 0.6 is 0 Å². The fraction of sp³-hybridized carbons (Fsp3) is 0.444. The number of nitrogens with zero attached hydrogens (tertiary/aromatic N) is 1. The molecule has 0 aliphatic rings. The smallest absolute Gasteiger partial charge is 0.411 e. The van der Waals surface area contributed by atoms with Crippen LogP contribution in [0.2, 0.25) is 0 Å². The van der Waals surface area contributed by atoms with Gasteiger partial charge >= 0.3 is 12.1 Å². The number of carbonyl (C=O) groups excluding carboxylic acids is 1. The Morgan fingerprint density at radius 1 is 1.29 bits per heavy atom. The highest BCUT2D eigenvalue weighted by molar-refractivity contribution is 5.81. The second-order valence-corrected chi connectivity index (χ2v) is 6.31. The van der Waals surface area contributed by atoms with Gasteiger partial charge in [-0.3, -0.25) is 4.90 Å². The van der Waals surface area contributed by atoms with Gasteiger partial charge in [-0.25, -0.2) is 9.59 Å². The summed E-state index contributed by atoms with van der Waals surface area (Å²) >= 11 is 0. The standard InChI is InChI=1S/C18H25NO5/c1-6-14(23-5)15(16(20)21)19(17(22)24-18(2,3)4)12-13-10-8-7-9-11-13/h6-11,14-15H,1,12H2,2-5H3,(H,20,21)/t14-,15+/m0/s1. The molecule has 6 nitrogen and oxygen atoms in total. The zero-order valence-electron chi connectivity index (χ0n) is 14.6. The Hall–Kier alpha value is -2.34. The van der Waals surface area contributed by atoms with Gasteiger partial charge in [0.2, 0.25) is 0 Å². The predicted octanol–water partition coefficient (Wildman–Crippen LogP) is 3.08. The summed E-state index contributed by atoms with van der Waals surface area (Å²) in [6, 6.07) is 7.86. The molecule has 0 heterocycles. The van der Waals surface area contributed by atoms with Crippen molar-refractivity contribution in [1.82, 2.24) is 4.90 Å². The highest BCUT2D eigenvalue weighted by Crippen LogP contribution is 2.19. The van der Waals surface area contributed by atoms with E-state index in [4.69, 9.17) is 9.47 Å². The third kappa shape index (κ3) is 5.70. The molecule has 0 unspecified atom stereocenters. The second-order valence-electron chi connectivity index (χ2n) is 6.31. The number of hydrogen-bond acceptors (Lipinski definition) is 4. The maximum Gasteiger partial charge on any atom is 0.411 e. The first kappa shape index (κ1) is 19.7. The van der Waals surface area contributed by atoms with Crippen LogP contribution in [-0.4, -0.2) is 46.9 Å². The van der Waals surface area contributed by atoms with Gasteiger partial charge in [0.25, 0.3) is 0 Å². The molecule has 0 saturated carbocycles. The lowest BCUT2D eigenvalue weighted by Crippen LogP contribution is -2.52. The van der Waals surface area contributed by atoms with Crippen molar-refractivity contribution >= 4 is 12.1 Å². The van der Waals surface area contributed by atoms with Gasteiger partial charge in [-0.05, 0) is 26.3 Å². The summed E-state index contributed by atoms with van der Waals surface area (Å²) in [5.74, 6) is -1.19. The Bertz CT molecular complexity index is 565. The Labute approximate surface area is 142 Å². The zero-order valence-corrected chi connectivity index (χ0v) is 14.6. The van der Waals surface area contributed by atoms with Crippen molar-refractivity contribution in [2.45, 2.75) is 45.1 Å². The second kappa shape index (κ2) is 8.49. The number of hydrogen-bond donors (Lipinski definition) is 1. The average Bonchev–Trinajstić information content (AvgIpc) is 2.49. The molecule has 0 radical (unpaired) electrons. The molecule has 2 atom stereocenters. The van der Waals surface area contributed by atoms with Crippen molar-refractivity contribution < 1.29 is 24.2 Å². The first-order valence-corrected chi connectivity index (χ1v) is 7.61. The normalized spacial score (nSPS) is 13.7. The topological polar surface area (TPSA) is 76.1 Å². The third-order valence-corrected chi connectivity index (χ3v) is 3.23. The van der Waals surface area contributed by atoms with Crippen LogP contribution in [0.15, 0.2) is 43.0 Å². The van der Waals surface area contributed by atoms with E-state index in [1.54, 1.807) is 20.8 Å². The van der Waals surface area contributed by atoms with Crippen molar-refractivity contribution in [2.75, 3.05) is 7.11 Å². The van der Waals surface area contributed by atoms with Crippen molar-refractivity contribution in [2.24, 2.45) is 0 Å². The number of carboxylic acid groups (broad SMARTS) is 1. The third-order valence-electron chi connectivity index (χ3n) is 3.23. The van der Waals surface area contributed by atoms with Gasteiger partial charge in [0.05, 0.1) is 6.54 Å². The van der Waals surface area contributed by atoms with Gasteiger partial charge in [0.1, 0.15) is 11.7 Å². The SMILES string of the molecule is C=C[C@H](OC)[C@H](C(=O)O)N(Cc1ccccc1)C(=O)OC(C)(C)C. The number of ether oxygens (including phenoxy) is 2. The molecule has 0 aliphatic heterocycles. The molecule has 1 aromatic carbocycles. The van der Waals surface area contributed by atoms with Crippen molar-refractivity contribution in [3.05, 3.63) is 48.6 Å². The van der Waals surface area contributed by atoms with E-state index < -0.39 is 29.8 Å². The molecule has 0 bridgehead atoms. The van der Waals surface area contributed by atoms with Gasteiger partial charge in [0, 0.05) is 7.11 Å². The molecule has 1 N–H and O–H groups in total. The van der Waals surface area contributed by atoms with E-state index in [9.17, 15) is 14.7 Å². The Morgan fingerprint density at radius 3 is 2.29 bits per heavy atom. The number of carbonyl (C=O) groups is 2. The minimum atomic E-state index is -1.25. The van der Waals surface area contributed by atoms with Gasteiger partial charge in [0.15, 0.2) is 6.04 Å². The molecule has 24 heavy (non-hydrogen) atoms. The zero-order chi connectivity index (χ0) is 18.3. The number of methoxy groups -OCH3 is 1. The highest BCUT2D eigenvalue weighted by atomic mass is 16.6. The van der Waals surface area contributed by atoms with E-state index in [1.807, 2.05) is 30.3 Å². The average molecular weight is 335 g/mol. The Morgan fingerprint density at radius 2 is 1.88 bits per heavy atom. The summed E-state index contributed by atoms with van der Waals surface area (Å²) in [4.78, 5) is 25.5. The Balaban J connectivity index is 3.20. The van der Waals surface area contributed by atoms with E-state index in [2.05, 4.69) is 6.58 Å². The summed E-state index contributed by atoms with van der Waals surface area (Å²) < 4.78 is 10.5. The number of benzene rings is 1. The summed E-state index contributed by atoms with van der Waals surface area (Å²) in [6.07, 6.45) is -0.220. The van der Waals surface area contributed by atoms with Crippen LogP contribution in [0.4, 0.5) is 4.79 Å². The molecule has 6 heteroatoms. The van der Waals surface area contributed by atoms with E-state index in [0.29, 0.717) is 0 Å². The molecule has 0 aliphatic carbocycles. The minimum absolute atomic E-state index is 0.0837. The van der Waals surface area contributed by atoms with Crippen molar-refractivity contribution in [1.29, 1.82) is 0 Å². The van der Waals surface area contributed by atoms with E-state index in [0.717, 1.165) is 10.5 Å². The molecule has 132 valence electrons. The molecule has 0 spiro atoms. The predicted molar refractivity (Wildman–Crippen MR) is 90.6 cm³/mol. The Kier molecular flexibility index (Phi) is 6.97. The molecular weight excluding hydrogens is 310 g/mol. The number of amides is 1. The first-order valence-electron chi connectivity index (χ1n) is 7.61. The number of carboxylic acids is 1. The van der Waals surface area contributed by atoms with Crippen LogP contribution in [0.5, 0.6) is 0 Å². The molecule has 0 saturated heterocycles. The van der Waals surface area contributed by atoms with Crippen LogP contribution in [0, 0.1) is 0 Å². The van der Waals surface area contributed by atoms with Gasteiger partial charge in [-0.2, -0.15) is 0 Å². The van der Waals surface area contributed by atoms with Gasteiger partial charge in [-0.1, -0.05) is 36.4 Å². The van der Waals surface area contributed by atoms with Crippen LogP contribution in [0.1, 0.15) is 26.3 Å². The van der Waals surface area contributed by atoms with Crippen molar-refractivity contribution in [3.63, 3.8) is 0 Å². The van der Waals surface area contributed by atoms with Gasteiger partial charge in [-0.15, -0.1) is 6.58 Å². The summed E-state index contributed by atoms with van der Waals surface area (Å²) in [6.45, 7) is 8.85. The lowest BCUT2D eigenvalue weighted by Gasteiger charge is -2.34. The van der Waals surface area contributed by atoms with Crippen LogP contribution < -0.4 is 0 Å². The van der Waals surface area contributed by atoms with Crippen LogP contribution in [0.3, 0.4) is 0 Å². The molecular formula is C18H25NO5. The van der Waals surface area contributed by atoms with Crippen LogP contribution in [-0.2, 0) is 20.8 Å². The van der Waals surface area contributed by atoms with E-state index in [-0.39, 0.29) is 6.54 Å². The first-order chi connectivity index (χ1) is 11.2. The molecule has 1 rings (SSSR count). The number of aliphatic carboxylic acids is 1. The lowest BCUT2D eigenvalue weighted by atomic mass is 10.1. The fourth-order valence-electron chi connectivity index (χ4n) is 2.18. The maximum atomic E-state index is 12.6. The maximum absolute atomic E-state index is 12.6. The quantitative estimate of drug-likeness (QED) is 0.775. The minimum Gasteiger partial charge on any atom is -0.480 e. The summed E-state index contributed by atoms with van der Waals surface area (Å²) in [5.41, 5.74) is 0.0414. The molecule has 1 amide bonds. The number of rotatable bonds is 7. The highest BCUT2D eigenvalue weighted by Gasteiger charge is 2.37. The van der Waals surface area contributed by atoms with E-state index >= 15 is 0 Å². The fourth-order valence-corrected chi connectivity index (χ4v) is 2.18.